The molecule has 0 heterocycles. The third-order valence-electron chi connectivity index (χ3n) is 2.72. The van der Waals surface area contributed by atoms with Crippen molar-refractivity contribution >= 4 is 33.3 Å². The van der Waals surface area contributed by atoms with E-state index in [9.17, 15) is 18.0 Å². The van der Waals surface area contributed by atoms with Crippen LogP contribution in [0.25, 0.3) is 0 Å². The fourth-order valence-corrected chi connectivity index (χ4v) is 2.10. The van der Waals surface area contributed by atoms with Crippen molar-refractivity contribution in [2.45, 2.75) is 6.18 Å². The molecule has 0 saturated carbocycles. The van der Waals surface area contributed by atoms with Crippen LogP contribution in [0.15, 0.2) is 46.9 Å². The average molecular weight is 360 g/mol. The number of nitrogens with one attached hydrogen (secondary N) is 1. The molecule has 0 unspecified atom stereocenters. The van der Waals surface area contributed by atoms with E-state index in [-0.39, 0.29) is 5.69 Å². The zero-order chi connectivity index (χ0) is 15.6. The minimum absolute atomic E-state index is 0.0856. The van der Waals surface area contributed by atoms with Crippen LogP contribution in [-0.4, -0.2) is 11.1 Å². The van der Waals surface area contributed by atoms with Gasteiger partial charge in [-0.3, -0.25) is 0 Å². The Morgan fingerprint density at radius 1 is 1.10 bits per heavy atom. The van der Waals surface area contributed by atoms with Crippen LogP contribution in [0.4, 0.5) is 24.5 Å². The molecule has 21 heavy (non-hydrogen) atoms. The maximum atomic E-state index is 12.6. The van der Waals surface area contributed by atoms with E-state index in [1.807, 2.05) is 0 Å². The normalized spacial score (nSPS) is 11.2. The predicted molar refractivity (Wildman–Crippen MR) is 75.8 cm³/mol. The largest absolute Gasteiger partial charge is 0.478 e. The zero-order valence-corrected chi connectivity index (χ0v) is 12.0. The summed E-state index contributed by atoms with van der Waals surface area (Å²) >= 11 is 3.27. The van der Waals surface area contributed by atoms with Gasteiger partial charge >= 0.3 is 12.1 Å². The van der Waals surface area contributed by atoms with Crippen LogP contribution in [-0.2, 0) is 6.18 Å². The molecule has 0 spiro atoms. The Morgan fingerprint density at radius 2 is 1.76 bits per heavy atom. The Bertz CT molecular complexity index is 686. The predicted octanol–water partition coefficient (Wildman–Crippen LogP) is 4.91. The molecule has 2 rings (SSSR count). The van der Waals surface area contributed by atoms with Crippen molar-refractivity contribution in [1.82, 2.24) is 0 Å². The van der Waals surface area contributed by atoms with Gasteiger partial charge in [0.05, 0.1) is 22.5 Å². The summed E-state index contributed by atoms with van der Waals surface area (Å²) in [6.45, 7) is 0. The fourth-order valence-electron chi connectivity index (χ4n) is 1.71. The molecule has 2 aromatic carbocycles. The highest BCUT2D eigenvalue weighted by Gasteiger charge is 2.31. The van der Waals surface area contributed by atoms with Crippen LogP contribution >= 0.6 is 15.9 Å². The van der Waals surface area contributed by atoms with Crippen molar-refractivity contribution in [3.63, 3.8) is 0 Å². The number of benzene rings is 2. The van der Waals surface area contributed by atoms with Gasteiger partial charge in [-0.15, -0.1) is 0 Å². The monoisotopic (exact) mass is 359 g/mol. The maximum absolute atomic E-state index is 12.6. The second-order valence-electron chi connectivity index (χ2n) is 4.17. The lowest BCUT2D eigenvalue weighted by atomic mass is 10.1. The van der Waals surface area contributed by atoms with Gasteiger partial charge < -0.3 is 10.4 Å². The Labute approximate surface area is 126 Å². The summed E-state index contributed by atoms with van der Waals surface area (Å²) in [5.41, 5.74) is -0.805. The summed E-state index contributed by atoms with van der Waals surface area (Å²) in [7, 11) is 0. The number of carboxylic acid groups (broad SMARTS) is 1. The smallest absolute Gasteiger partial charge is 0.416 e. The van der Waals surface area contributed by atoms with Gasteiger partial charge in [0, 0.05) is 4.47 Å². The van der Waals surface area contributed by atoms with E-state index in [4.69, 9.17) is 5.11 Å². The molecule has 0 aliphatic rings. The van der Waals surface area contributed by atoms with Gasteiger partial charge in [-0.25, -0.2) is 4.79 Å². The number of hydrogen-bond donors (Lipinski definition) is 2. The van der Waals surface area contributed by atoms with E-state index in [2.05, 4.69) is 21.2 Å². The number of halogens is 4. The van der Waals surface area contributed by atoms with Gasteiger partial charge in [0.2, 0.25) is 0 Å². The molecule has 0 aromatic heterocycles. The lowest BCUT2D eigenvalue weighted by Crippen LogP contribution is -2.09. The van der Waals surface area contributed by atoms with Crippen molar-refractivity contribution in [2.24, 2.45) is 0 Å². The zero-order valence-electron chi connectivity index (χ0n) is 10.4. The molecule has 0 radical (unpaired) electrons. The number of alkyl halides is 3. The summed E-state index contributed by atoms with van der Waals surface area (Å²) in [6.07, 6.45) is -4.59. The van der Waals surface area contributed by atoms with Gasteiger partial charge in [-0.1, -0.05) is 12.1 Å². The molecule has 2 aromatic rings. The number of aromatic carboxylic acids is 1. The van der Waals surface area contributed by atoms with Crippen LogP contribution < -0.4 is 5.32 Å². The second-order valence-corrected chi connectivity index (χ2v) is 5.02. The van der Waals surface area contributed by atoms with Crippen LogP contribution in [0.3, 0.4) is 0 Å². The molecule has 0 atom stereocenters. The summed E-state index contributed by atoms with van der Waals surface area (Å²) in [4.78, 5) is 11.2. The van der Waals surface area contributed by atoms with E-state index in [0.717, 1.165) is 12.1 Å². The topological polar surface area (TPSA) is 49.3 Å². The minimum Gasteiger partial charge on any atom is -0.478 e. The molecule has 0 saturated heterocycles. The number of carbonyl (C=O) groups is 1. The number of rotatable bonds is 3. The highest BCUT2D eigenvalue weighted by molar-refractivity contribution is 9.10. The van der Waals surface area contributed by atoms with E-state index >= 15 is 0 Å². The molecule has 7 heteroatoms. The first kappa shape index (κ1) is 15.4. The Hall–Kier alpha value is -2.02. The van der Waals surface area contributed by atoms with E-state index in [1.54, 1.807) is 24.3 Å². The third-order valence-corrected chi connectivity index (χ3v) is 3.41. The Morgan fingerprint density at radius 3 is 2.33 bits per heavy atom. The summed E-state index contributed by atoms with van der Waals surface area (Å²) < 4.78 is 38.6. The lowest BCUT2D eigenvalue weighted by Gasteiger charge is -2.13. The SMILES string of the molecule is O=C(O)c1cc(C(F)(F)F)ccc1Nc1ccccc1Br. The van der Waals surface area contributed by atoms with Crippen molar-refractivity contribution in [1.29, 1.82) is 0 Å². The van der Waals surface area contributed by atoms with Gasteiger partial charge in [0.25, 0.3) is 0 Å². The minimum atomic E-state index is -4.59. The quantitative estimate of drug-likeness (QED) is 0.818. The average Bonchev–Trinajstić information content (AvgIpc) is 2.40. The van der Waals surface area contributed by atoms with Gasteiger partial charge in [0.1, 0.15) is 0 Å². The number of hydrogen-bond acceptors (Lipinski definition) is 2. The van der Waals surface area contributed by atoms with Crippen molar-refractivity contribution in [2.75, 3.05) is 5.32 Å². The molecule has 2 N–H and O–H groups in total. The first-order chi connectivity index (χ1) is 9.79. The van der Waals surface area contributed by atoms with E-state index in [0.29, 0.717) is 16.2 Å². The van der Waals surface area contributed by atoms with Gasteiger partial charge in [-0.2, -0.15) is 13.2 Å². The summed E-state index contributed by atoms with van der Waals surface area (Å²) in [6, 6.07) is 9.44. The third kappa shape index (κ3) is 3.55. The standard InChI is InChI=1S/C14H9BrF3NO2/c15-10-3-1-2-4-12(10)19-11-6-5-8(14(16,17)18)7-9(11)13(20)21/h1-7,19H,(H,20,21). The fraction of sp³-hybridized carbons (Fsp3) is 0.0714. The molecule has 0 fully saturated rings. The number of anilines is 2. The van der Waals surface area contributed by atoms with Crippen molar-refractivity contribution < 1.29 is 23.1 Å². The number of carboxylic acids is 1. The van der Waals surface area contributed by atoms with Gasteiger partial charge in [-0.05, 0) is 46.3 Å². The van der Waals surface area contributed by atoms with Gasteiger partial charge in [0.15, 0.2) is 0 Å². The van der Waals surface area contributed by atoms with E-state index in [1.165, 1.54) is 0 Å². The summed E-state index contributed by atoms with van der Waals surface area (Å²) in [5, 5.41) is 11.9. The second kappa shape index (κ2) is 5.77. The van der Waals surface area contributed by atoms with Crippen LogP contribution in [0.1, 0.15) is 15.9 Å². The Kier molecular flexibility index (Phi) is 4.22. The molecule has 0 aliphatic heterocycles. The van der Waals surface area contributed by atoms with Crippen LogP contribution in [0.2, 0.25) is 0 Å². The molecule has 0 aliphatic carbocycles. The maximum Gasteiger partial charge on any atom is 0.416 e. The highest BCUT2D eigenvalue weighted by atomic mass is 79.9. The molecule has 0 bridgehead atoms. The van der Waals surface area contributed by atoms with E-state index < -0.39 is 23.3 Å². The molecular formula is C14H9BrF3NO2. The molecule has 110 valence electrons. The molecular weight excluding hydrogens is 351 g/mol. The van der Waals surface area contributed by atoms with Crippen LogP contribution in [0.5, 0.6) is 0 Å². The van der Waals surface area contributed by atoms with Crippen LogP contribution in [0, 0.1) is 0 Å². The van der Waals surface area contributed by atoms with Crippen molar-refractivity contribution in [3.8, 4) is 0 Å². The first-order valence-electron chi connectivity index (χ1n) is 5.75. The number of para-hydroxylation sites is 1. The Balaban J connectivity index is 2.45. The van der Waals surface area contributed by atoms with Crippen molar-refractivity contribution in [3.05, 3.63) is 58.1 Å². The lowest BCUT2D eigenvalue weighted by molar-refractivity contribution is -0.137. The first-order valence-corrected chi connectivity index (χ1v) is 6.54. The highest BCUT2D eigenvalue weighted by Crippen LogP contribution is 2.33. The summed E-state index contributed by atoms with van der Waals surface area (Å²) in [5.74, 6) is -1.43. The molecule has 0 amide bonds. The molecule has 3 nitrogen and oxygen atoms in total.